The Bertz CT molecular complexity index is 854. The van der Waals surface area contributed by atoms with Gasteiger partial charge in [-0.1, -0.05) is 42.5 Å². The Morgan fingerprint density at radius 1 is 1.00 bits per heavy atom. The molecule has 0 N–H and O–H groups in total. The highest BCUT2D eigenvalue weighted by atomic mass is 32.2. The molecule has 5 heteroatoms. The minimum atomic E-state index is -3.31. The number of rotatable bonds is 5. The Kier molecular flexibility index (Phi) is 5.77. The van der Waals surface area contributed by atoms with Gasteiger partial charge in [0.2, 0.25) is 5.91 Å². The van der Waals surface area contributed by atoms with Crippen molar-refractivity contribution in [2.45, 2.75) is 42.8 Å². The number of hydrogen-bond donors (Lipinski definition) is 0. The molecule has 2 aromatic rings. The maximum absolute atomic E-state index is 12.7. The first-order chi connectivity index (χ1) is 12.5. The summed E-state index contributed by atoms with van der Waals surface area (Å²) in [6.45, 7) is 3.09. The SMILES string of the molecule is Cc1ccccc1CCC(=O)N1CCC(S(=O)(=O)c2ccccc2)CC1. The lowest BCUT2D eigenvalue weighted by Crippen LogP contribution is -2.42. The topological polar surface area (TPSA) is 54.5 Å². The van der Waals surface area contributed by atoms with E-state index in [0.717, 1.165) is 6.42 Å². The molecule has 1 fully saturated rings. The van der Waals surface area contributed by atoms with Crippen molar-refractivity contribution in [3.8, 4) is 0 Å². The molecule has 1 aliphatic rings. The number of amides is 1. The zero-order valence-electron chi connectivity index (χ0n) is 15.1. The maximum atomic E-state index is 12.7. The fraction of sp³-hybridized carbons (Fsp3) is 0.381. The molecule has 3 rings (SSSR count). The van der Waals surface area contributed by atoms with Crippen molar-refractivity contribution < 1.29 is 13.2 Å². The van der Waals surface area contributed by atoms with E-state index in [1.54, 1.807) is 24.3 Å². The lowest BCUT2D eigenvalue weighted by atomic mass is 10.0. The van der Waals surface area contributed by atoms with E-state index in [2.05, 4.69) is 19.1 Å². The van der Waals surface area contributed by atoms with Crippen LogP contribution in [0.5, 0.6) is 0 Å². The molecule has 1 heterocycles. The van der Waals surface area contributed by atoms with Crippen molar-refractivity contribution >= 4 is 15.7 Å². The second kappa shape index (κ2) is 8.04. The van der Waals surface area contributed by atoms with E-state index in [-0.39, 0.29) is 5.91 Å². The molecule has 4 nitrogen and oxygen atoms in total. The lowest BCUT2D eigenvalue weighted by Gasteiger charge is -2.32. The normalized spacial score (nSPS) is 15.8. The number of likely N-dealkylation sites (tertiary alicyclic amines) is 1. The van der Waals surface area contributed by atoms with E-state index in [0.29, 0.717) is 37.2 Å². The monoisotopic (exact) mass is 371 g/mol. The van der Waals surface area contributed by atoms with E-state index in [4.69, 9.17) is 0 Å². The first-order valence-corrected chi connectivity index (χ1v) is 10.6. The van der Waals surface area contributed by atoms with Crippen LogP contribution < -0.4 is 0 Å². The summed E-state index contributed by atoms with van der Waals surface area (Å²) < 4.78 is 25.4. The number of carbonyl (C=O) groups excluding carboxylic acids is 1. The van der Waals surface area contributed by atoms with Gasteiger partial charge in [-0.15, -0.1) is 0 Å². The van der Waals surface area contributed by atoms with Gasteiger partial charge in [-0.2, -0.15) is 0 Å². The van der Waals surface area contributed by atoms with Gasteiger partial charge in [0.05, 0.1) is 10.1 Å². The number of carbonyl (C=O) groups is 1. The minimum Gasteiger partial charge on any atom is -0.343 e. The largest absolute Gasteiger partial charge is 0.343 e. The molecule has 2 aromatic carbocycles. The molecule has 138 valence electrons. The van der Waals surface area contributed by atoms with Gasteiger partial charge in [0, 0.05) is 19.5 Å². The number of piperidine rings is 1. The van der Waals surface area contributed by atoms with Gasteiger partial charge in [-0.3, -0.25) is 4.79 Å². The van der Waals surface area contributed by atoms with Crippen LogP contribution >= 0.6 is 0 Å². The van der Waals surface area contributed by atoms with Crippen LogP contribution in [0.15, 0.2) is 59.5 Å². The molecule has 0 aliphatic carbocycles. The summed E-state index contributed by atoms with van der Waals surface area (Å²) in [4.78, 5) is 14.7. The predicted molar refractivity (Wildman–Crippen MR) is 103 cm³/mol. The molecule has 0 saturated carbocycles. The molecular weight excluding hydrogens is 346 g/mol. The van der Waals surface area contributed by atoms with Crippen molar-refractivity contribution in [2.24, 2.45) is 0 Å². The van der Waals surface area contributed by atoms with Gasteiger partial charge >= 0.3 is 0 Å². The summed E-state index contributed by atoms with van der Waals surface area (Å²) in [5, 5.41) is -0.398. The quantitative estimate of drug-likeness (QED) is 0.809. The summed E-state index contributed by atoms with van der Waals surface area (Å²) in [6, 6.07) is 16.7. The zero-order chi connectivity index (χ0) is 18.6. The van der Waals surface area contributed by atoms with Crippen molar-refractivity contribution in [3.63, 3.8) is 0 Å². The van der Waals surface area contributed by atoms with Crippen LogP contribution in [0, 0.1) is 6.92 Å². The summed E-state index contributed by atoms with van der Waals surface area (Å²) in [5.41, 5.74) is 2.40. The molecule has 0 atom stereocenters. The van der Waals surface area contributed by atoms with Crippen molar-refractivity contribution in [2.75, 3.05) is 13.1 Å². The van der Waals surface area contributed by atoms with Gasteiger partial charge in [0.15, 0.2) is 9.84 Å². The van der Waals surface area contributed by atoms with Crippen LogP contribution in [0.3, 0.4) is 0 Å². The van der Waals surface area contributed by atoms with Crippen LogP contribution in [-0.2, 0) is 21.1 Å². The van der Waals surface area contributed by atoms with Gasteiger partial charge in [-0.05, 0) is 49.4 Å². The number of benzene rings is 2. The lowest BCUT2D eigenvalue weighted by molar-refractivity contribution is -0.132. The molecule has 1 amide bonds. The van der Waals surface area contributed by atoms with Crippen molar-refractivity contribution in [1.82, 2.24) is 4.90 Å². The summed E-state index contributed by atoms with van der Waals surface area (Å²) >= 11 is 0. The molecule has 1 aliphatic heterocycles. The molecule has 0 aromatic heterocycles. The van der Waals surface area contributed by atoms with Crippen molar-refractivity contribution in [3.05, 3.63) is 65.7 Å². The van der Waals surface area contributed by atoms with Crippen molar-refractivity contribution in [1.29, 1.82) is 0 Å². The first-order valence-electron chi connectivity index (χ1n) is 9.09. The number of sulfone groups is 1. The number of nitrogens with zero attached hydrogens (tertiary/aromatic N) is 1. The van der Waals surface area contributed by atoms with Crippen LogP contribution in [-0.4, -0.2) is 37.6 Å². The Morgan fingerprint density at radius 3 is 2.27 bits per heavy atom. The standard InChI is InChI=1S/C21H25NO3S/c1-17-7-5-6-8-18(17)11-12-21(23)22-15-13-20(14-16-22)26(24,25)19-9-3-2-4-10-19/h2-10,20H,11-16H2,1H3. The highest BCUT2D eigenvalue weighted by Crippen LogP contribution is 2.25. The molecule has 1 saturated heterocycles. The second-order valence-electron chi connectivity index (χ2n) is 6.86. The Balaban J connectivity index is 1.55. The third-order valence-electron chi connectivity index (χ3n) is 5.17. The van der Waals surface area contributed by atoms with Crippen LogP contribution in [0.1, 0.15) is 30.4 Å². The zero-order valence-corrected chi connectivity index (χ0v) is 15.9. The van der Waals surface area contributed by atoms with Gasteiger partial charge < -0.3 is 4.90 Å². The molecule has 0 radical (unpaired) electrons. The molecular formula is C21H25NO3S. The fourth-order valence-corrected chi connectivity index (χ4v) is 5.26. The fourth-order valence-electron chi connectivity index (χ4n) is 3.51. The number of aryl methyl sites for hydroxylation is 2. The number of hydrogen-bond acceptors (Lipinski definition) is 3. The first kappa shape index (κ1) is 18.6. The van der Waals surface area contributed by atoms with Gasteiger partial charge in [0.1, 0.15) is 0 Å². The van der Waals surface area contributed by atoms with E-state index in [9.17, 15) is 13.2 Å². The molecule has 0 bridgehead atoms. The second-order valence-corrected chi connectivity index (χ2v) is 9.09. The summed E-state index contributed by atoms with van der Waals surface area (Å²) in [6.07, 6.45) is 2.22. The Labute approximate surface area is 155 Å². The maximum Gasteiger partial charge on any atom is 0.222 e. The minimum absolute atomic E-state index is 0.115. The van der Waals surface area contributed by atoms with Crippen LogP contribution in [0.25, 0.3) is 0 Å². The Hall–Kier alpha value is -2.14. The highest BCUT2D eigenvalue weighted by molar-refractivity contribution is 7.92. The van der Waals surface area contributed by atoms with Crippen LogP contribution in [0.4, 0.5) is 0 Å². The van der Waals surface area contributed by atoms with E-state index in [1.807, 2.05) is 23.1 Å². The van der Waals surface area contributed by atoms with Crippen LogP contribution in [0.2, 0.25) is 0 Å². The highest BCUT2D eigenvalue weighted by Gasteiger charge is 2.32. The molecule has 0 unspecified atom stereocenters. The molecule has 26 heavy (non-hydrogen) atoms. The average molecular weight is 372 g/mol. The van der Waals surface area contributed by atoms with Gasteiger partial charge in [0.25, 0.3) is 0 Å². The Morgan fingerprint density at radius 2 is 1.62 bits per heavy atom. The third kappa shape index (κ3) is 4.15. The predicted octanol–water partition coefficient (Wildman–Crippen LogP) is 3.39. The third-order valence-corrected chi connectivity index (χ3v) is 7.45. The smallest absolute Gasteiger partial charge is 0.222 e. The van der Waals surface area contributed by atoms with E-state index < -0.39 is 15.1 Å². The van der Waals surface area contributed by atoms with E-state index in [1.165, 1.54) is 11.1 Å². The van der Waals surface area contributed by atoms with Gasteiger partial charge in [-0.25, -0.2) is 8.42 Å². The summed E-state index contributed by atoms with van der Waals surface area (Å²) in [7, 11) is -3.31. The average Bonchev–Trinajstić information content (AvgIpc) is 2.68. The summed E-state index contributed by atoms with van der Waals surface area (Å²) in [5.74, 6) is 0.115. The van der Waals surface area contributed by atoms with E-state index >= 15 is 0 Å². The molecule has 0 spiro atoms.